The van der Waals surface area contributed by atoms with Gasteiger partial charge in [-0.3, -0.25) is 9.59 Å². The molecule has 34 heavy (non-hydrogen) atoms. The summed E-state index contributed by atoms with van der Waals surface area (Å²) in [5, 5.41) is 13.3. The summed E-state index contributed by atoms with van der Waals surface area (Å²) in [5.41, 5.74) is -0.462. The fourth-order valence-electron chi connectivity index (χ4n) is 3.85. The number of nitrogens with zero attached hydrogens (tertiary/aromatic N) is 2. The van der Waals surface area contributed by atoms with Gasteiger partial charge in [-0.15, -0.1) is 0 Å². The number of ether oxygens (including phenoxy) is 1. The number of carbonyl (C=O) groups excluding carboxylic acids is 2. The Morgan fingerprint density at radius 3 is 2.62 bits per heavy atom. The van der Waals surface area contributed by atoms with E-state index in [1.165, 1.54) is 19.1 Å². The van der Waals surface area contributed by atoms with Gasteiger partial charge < -0.3 is 20.1 Å². The lowest BCUT2D eigenvalue weighted by atomic mass is 10.0. The molecule has 7 nitrogen and oxygen atoms in total. The smallest absolute Gasteiger partial charge is 0.416 e. The molecule has 184 valence electrons. The second kappa shape index (κ2) is 10.1. The zero-order chi connectivity index (χ0) is 25.2. The minimum absolute atomic E-state index is 0.0357. The van der Waals surface area contributed by atoms with Gasteiger partial charge in [0.05, 0.1) is 24.1 Å². The van der Waals surface area contributed by atoms with Crippen molar-refractivity contribution < 1.29 is 37.0 Å². The Kier molecular flexibility index (Phi) is 7.67. The predicted octanol–water partition coefficient (Wildman–Crippen LogP) is 3.59. The maximum atomic E-state index is 13.4. The number of methoxy groups -OCH3 is 1. The van der Waals surface area contributed by atoms with Crippen LogP contribution in [-0.4, -0.2) is 41.3 Å². The molecule has 3 atom stereocenters. The SMILES string of the molecule is COC(=O)C[C@@H]1C[C@@H](C(=O)NCc2ccc(F)c(Cl)c2)N(c2cc(C(F)(F)F)cc(C)n2)[C@H]1O. The van der Waals surface area contributed by atoms with E-state index in [0.29, 0.717) is 5.56 Å². The van der Waals surface area contributed by atoms with Crippen molar-refractivity contribution in [2.45, 2.75) is 44.8 Å². The summed E-state index contributed by atoms with van der Waals surface area (Å²) < 4.78 is 58.1. The van der Waals surface area contributed by atoms with Crippen LogP contribution in [0.5, 0.6) is 0 Å². The summed E-state index contributed by atoms with van der Waals surface area (Å²) in [4.78, 5) is 30.0. The number of esters is 1. The molecule has 12 heteroatoms. The third kappa shape index (κ3) is 5.76. The summed E-state index contributed by atoms with van der Waals surface area (Å²) in [6, 6.07) is 4.35. The van der Waals surface area contributed by atoms with Gasteiger partial charge in [0.25, 0.3) is 0 Å². The minimum atomic E-state index is -4.67. The first-order chi connectivity index (χ1) is 15.9. The van der Waals surface area contributed by atoms with Crippen molar-refractivity contribution in [2.24, 2.45) is 5.92 Å². The third-order valence-electron chi connectivity index (χ3n) is 5.51. The Morgan fingerprint density at radius 2 is 2.00 bits per heavy atom. The lowest BCUT2D eigenvalue weighted by Gasteiger charge is -2.29. The molecule has 0 aliphatic carbocycles. The van der Waals surface area contributed by atoms with Gasteiger partial charge >= 0.3 is 12.1 Å². The van der Waals surface area contributed by atoms with E-state index in [1.54, 1.807) is 0 Å². The maximum Gasteiger partial charge on any atom is 0.416 e. The van der Waals surface area contributed by atoms with Crippen LogP contribution in [0.1, 0.15) is 29.7 Å². The van der Waals surface area contributed by atoms with Crippen LogP contribution in [0.15, 0.2) is 30.3 Å². The number of hydrogen-bond acceptors (Lipinski definition) is 6. The predicted molar refractivity (Wildman–Crippen MR) is 114 cm³/mol. The molecule has 1 aromatic carbocycles. The number of anilines is 1. The van der Waals surface area contributed by atoms with Gasteiger partial charge in [-0.25, -0.2) is 9.37 Å². The molecule has 2 N–H and O–H groups in total. The van der Waals surface area contributed by atoms with Crippen LogP contribution in [0, 0.1) is 18.7 Å². The van der Waals surface area contributed by atoms with Gasteiger partial charge in [0.15, 0.2) is 0 Å². The Hall–Kier alpha value is -2.92. The molecular weight excluding hydrogens is 482 g/mol. The first-order valence-electron chi connectivity index (χ1n) is 10.2. The quantitative estimate of drug-likeness (QED) is 0.462. The summed E-state index contributed by atoms with van der Waals surface area (Å²) >= 11 is 5.75. The Labute approximate surface area is 197 Å². The molecule has 1 fully saturated rings. The zero-order valence-electron chi connectivity index (χ0n) is 18.2. The first-order valence-corrected chi connectivity index (χ1v) is 10.6. The lowest BCUT2D eigenvalue weighted by Crippen LogP contribution is -2.47. The monoisotopic (exact) mass is 503 g/mol. The topological polar surface area (TPSA) is 91.8 Å². The van der Waals surface area contributed by atoms with Crippen molar-refractivity contribution in [1.82, 2.24) is 10.3 Å². The van der Waals surface area contributed by atoms with E-state index < -0.39 is 47.6 Å². The summed E-state index contributed by atoms with van der Waals surface area (Å²) in [6.07, 6.45) is -6.42. The van der Waals surface area contributed by atoms with Crippen molar-refractivity contribution >= 4 is 29.3 Å². The van der Waals surface area contributed by atoms with E-state index in [-0.39, 0.29) is 35.9 Å². The number of aromatic nitrogens is 1. The fourth-order valence-corrected chi connectivity index (χ4v) is 4.05. The fraction of sp³-hybridized carbons (Fsp3) is 0.409. The molecule has 1 aliphatic heterocycles. The molecule has 1 aromatic heterocycles. The van der Waals surface area contributed by atoms with Crippen LogP contribution in [-0.2, 0) is 27.0 Å². The van der Waals surface area contributed by atoms with E-state index >= 15 is 0 Å². The van der Waals surface area contributed by atoms with Crippen LogP contribution < -0.4 is 10.2 Å². The number of benzene rings is 1. The number of aliphatic hydroxyl groups excluding tert-OH is 1. The van der Waals surface area contributed by atoms with Crippen LogP contribution in [0.25, 0.3) is 0 Å². The highest BCUT2D eigenvalue weighted by Crippen LogP contribution is 2.38. The largest absolute Gasteiger partial charge is 0.469 e. The van der Waals surface area contributed by atoms with Crippen molar-refractivity contribution in [3.8, 4) is 0 Å². The number of amides is 1. The van der Waals surface area contributed by atoms with Crippen molar-refractivity contribution in [3.63, 3.8) is 0 Å². The number of aliphatic hydroxyl groups is 1. The number of alkyl halides is 3. The average molecular weight is 504 g/mol. The molecule has 1 aliphatic rings. The summed E-state index contributed by atoms with van der Waals surface area (Å²) in [5.74, 6) is -2.93. The Morgan fingerprint density at radius 1 is 1.29 bits per heavy atom. The molecule has 1 saturated heterocycles. The van der Waals surface area contributed by atoms with Crippen molar-refractivity contribution in [3.05, 3.63) is 58.0 Å². The van der Waals surface area contributed by atoms with Gasteiger partial charge in [0.1, 0.15) is 23.9 Å². The number of hydrogen-bond donors (Lipinski definition) is 2. The van der Waals surface area contributed by atoms with E-state index in [2.05, 4.69) is 15.0 Å². The molecule has 0 spiro atoms. The van der Waals surface area contributed by atoms with Crippen LogP contribution in [0.4, 0.5) is 23.4 Å². The molecule has 3 rings (SSSR count). The van der Waals surface area contributed by atoms with Gasteiger partial charge in [-0.1, -0.05) is 17.7 Å². The van der Waals surface area contributed by atoms with Crippen LogP contribution >= 0.6 is 11.6 Å². The van der Waals surface area contributed by atoms with E-state index in [1.807, 2.05) is 0 Å². The van der Waals surface area contributed by atoms with Gasteiger partial charge in [0, 0.05) is 18.2 Å². The van der Waals surface area contributed by atoms with Gasteiger partial charge in [0.2, 0.25) is 5.91 Å². The highest BCUT2D eigenvalue weighted by Gasteiger charge is 2.46. The maximum absolute atomic E-state index is 13.4. The van der Waals surface area contributed by atoms with Crippen LogP contribution in [0.2, 0.25) is 5.02 Å². The molecule has 2 heterocycles. The van der Waals surface area contributed by atoms with Gasteiger partial charge in [-0.05, 0) is 43.2 Å². The highest BCUT2D eigenvalue weighted by atomic mass is 35.5. The third-order valence-corrected chi connectivity index (χ3v) is 5.80. The number of halogens is 5. The first kappa shape index (κ1) is 25.7. The molecular formula is C22H22ClF4N3O4. The number of pyridine rings is 1. The lowest BCUT2D eigenvalue weighted by molar-refractivity contribution is -0.142. The van der Waals surface area contributed by atoms with Gasteiger partial charge in [-0.2, -0.15) is 13.2 Å². The van der Waals surface area contributed by atoms with E-state index in [4.69, 9.17) is 11.6 Å². The van der Waals surface area contributed by atoms with E-state index in [0.717, 1.165) is 30.2 Å². The molecule has 2 aromatic rings. The van der Waals surface area contributed by atoms with E-state index in [9.17, 15) is 32.3 Å². The summed E-state index contributed by atoms with van der Waals surface area (Å²) in [6.45, 7) is 1.32. The zero-order valence-corrected chi connectivity index (χ0v) is 19.0. The minimum Gasteiger partial charge on any atom is -0.469 e. The molecule has 1 amide bonds. The Balaban J connectivity index is 1.90. The van der Waals surface area contributed by atoms with Crippen LogP contribution in [0.3, 0.4) is 0 Å². The molecule has 0 bridgehead atoms. The second-order valence-corrected chi connectivity index (χ2v) is 8.34. The number of rotatable bonds is 6. The Bertz CT molecular complexity index is 1080. The standard InChI is InChI=1S/C22H22ClF4N3O4/c1-11-5-14(22(25,26)27)9-18(29-11)30-17(7-13(21(30)33)8-19(31)34-2)20(32)28-10-12-3-4-16(24)15(23)6-12/h3-6,9,13,17,21,33H,7-8,10H2,1-2H3,(H,28,32)/t13-,17-,21-/m0/s1. The number of nitrogens with one attached hydrogen (secondary N) is 1. The number of aryl methyl sites for hydroxylation is 1. The second-order valence-electron chi connectivity index (χ2n) is 7.93. The average Bonchev–Trinajstić information content (AvgIpc) is 3.09. The molecule has 0 saturated carbocycles. The highest BCUT2D eigenvalue weighted by molar-refractivity contribution is 6.30. The van der Waals surface area contributed by atoms with Crippen molar-refractivity contribution in [1.29, 1.82) is 0 Å². The van der Waals surface area contributed by atoms with Crippen molar-refractivity contribution in [2.75, 3.05) is 12.0 Å². The number of carbonyl (C=O) groups is 2. The summed E-state index contributed by atoms with van der Waals surface area (Å²) in [7, 11) is 1.16. The normalized spacial score (nSPS) is 20.4. The molecule has 0 unspecified atom stereocenters. The molecule has 0 radical (unpaired) electrons.